The Morgan fingerprint density at radius 2 is 1.89 bits per heavy atom. The predicted molar refractivity (Wildman–Crippen MR) is 102 cm³/mol. The van der Waals surface area contributed by atoms with Gasteiger partial charge in [0.25, 0.3) is 5.91 Å². The van der Waals surface area contributed by atoms with Crippen LogP contribution in [0.4, 0.5) is 4.79 Å². The molecule has 1 heterocycles. The molecule has 1 N–H and O–H groups in total. The van der Waals surface area contributed by atoms with Crippen molar-refractivity contribution in [1.29, 1.82) is 0 Å². The van der Waals surface area contributed by atoms with Gasteiger partial charge in [-0.05, 0) is 29.3 Å². The number of rotatable bonds is 7. The number of nitrogens with zero attached hydrogens (tertiary/aromatic N) is 1. The molecule has 1 aliphatic rings. The van der Waals surface area contributed by atoms with Crippen molar-refractivity contribution in [3.63, 3.8) is 0 Å². The summed E-state index contributed by atoms with van der Waals surface area (Å²) in [4.78, 5) is 25.3. The van der Waals surface area contributed by atoms with Crippen molar-refractivity contribution in [2.75, 3.05) is 13.7 Å². The summed E-state index contributed by atoms with van der Waals surface area (Å²) in [6.45, 7) is 4.11. The standard InChI is InChI=1S/C21H20N2O4/c1-3-11-23-20(24)17(22-21(23)25)12-16-9-10-18(26-2)19(13-16)27-14-15-7-5-4-6-8-15/h3-10,12-13H,1,11,14H2,2H3,(H,22,25)/b17-12+. The van der Waals surface area contributed by atoms with E-state index in [2.05, 4.69) is 11.9 Å². The van der Waals surface area contributed by atoms with Crippen LogP contribution in [0, 0.1) is 0 Å². The molecule has 0 radical (unpaired) electrons. The second-order valence-electron chi connectivity index (χ2n) is 5.88. The number of carbonyl (C=O) groups excluding carboxylic acids is 2. The van der Waals surface area contributed by atoms with Crippen molar-refractivity contribution >= 4 is 18.0 Å². The van der Waals surface area contributed by atoms with Crippen molar-refractivity contribution < 1.29 is 19.1 Å². The quantitative estimate of drug-likeness (QED) is 0.465. The van der Waals surface area contributed by atoms with E-state index in [-0.39, 0.29) is 18.1 Å². The Kier molecular flexibility index (Phi) is 5.56. The number of urea groups is 1. The molecular weight excluding hydrogens is 344 g/mol. The number of carbonyl (C=O) groups is 2. The predicted octanol–water partition coefficient (Wildman–Crippen LogP) is 3.35. The highest BCUT2D eigenvalue weighted by molar-refractivity contribution is 6.14. The van der Waals surface area contributed by atoms with Crippen LogP contribution in [-0.2, 0) is 11.4 Å². The van der Waals surface area contributed by atoms with E-state index in [1.165, 1.54) is 6.08 Å². The van der Waals surface area contributed by atoms with Gasteiger partial charge in [-0.25, -0.2) is 4.79 Å². The van der Waals surface area contributed by atoms with Gasteiger partial charge in [-0.15, -0.1) is 6.58 Å². The van der Waals surface area contributed by atoms with E-state index in [0.29, 0.717) is 23.7 Å². The first-order chi connectivity index (χ1) is 13.1. The minimum atomic E-state index is -0.458. The molecule has 1 saturated heterocycles. The van der Waals surface area contributed by atoms with E-state index in [0.717, 1.165) is 10.5 Å². The first-order valence-electron chi connectivity index (χ1n) is 8.42. The summed E-state index contributed by atoms with van der Waals surface area (Å²) in [5.41, 5.74) is 1.95. The molecule has 1 aliphatic heterocycles. The molecule has 0 atom stereocenters. The average Bonchev–Trinajstić information content (AvgIpc) is 2.95. The summed E-state index contributed by atoms with van der Waals surface area (Å²) in [6, 6.07) is 14.6. The molecule has 3 rings (SSSR count). The molecule has 6 heteroatoms. The van der Waals surface area contributed by atoms with Gasteiger partial charge in [-0.2, -0.15) is 0 Å². The highest BCUT2D eigenvalue weighted by Crippen LogP contribution is 2.30. The maximum absolute atomic E-state index is 12.3. The van der Waals surface area contributed by atoms with Gasteiger partial charge in [0.15, 0.2) is 11.5 Å². The summed E-state index contributed by atoms with van der Waals surface area (Å²) in [7, 11) is 1.57. The number of benzene rings is 2. The molecule has 0 bridgehead atoms. The molecule has 138 valence electrons. The SMILES string of the molecule is C=CCN1C(=O)N/C(=C/c2ccc(OC)c(OCc3ccccc3)c2)C1=O. The molecular formula is C21H20N2O4. The van der Waals surface area contributed by atoms with Crippen molar-refractivity contribution in [2.24, 2.45) is 0 Å². The van der Waals surface area contributed by atoms with Gasteiger partial charge in [-0.1, -0.05) is 42.5 Å². The van der Waals surface area contributed by atoms with Crippen LogP contribution in [0.1, 0.15) is 11.1 Å². The average molecular weight is 364 g/mol. The third-order valence-corrected chi connectivity index (χ3v) is 4.01. The molecule has 0 aliphatic carbocycles. The maximum atomic E-state index is 12.3. The van der Waals surface area contributed by atoms with Crippen molar-refractivity contribution in [2.45, 2.75) is 6.61 Å². The molecule has 0 saturated carbocycles. The minimum absolute atomic E-state index is 0.163. The number of ether oxygens (including phenoxy) is 2. The van der Waals surface area contributed by atoms with Gasteiger partial charge in [0.2, 0.25) is 0 Å². The highest BCUT2D eigenvalue weighted by atomic mass is 16.5. The van der Waals surface area contributed by atoms with E-state index in [1.54, 1.807) is 31.4 Å². The topological polar surface area (TPSA) is 67.9 Å². The van der Waals surface area contributed by atoms with Gasteiger partial charge >= 0.3 is 6.03 Å². The monoisotopic (exact) mass is 364 g/mol. The van der Waals surface area contributed by atoms with Crippen LogP contribution in [0.2, 0.25) is 0 Å². The fraction of sp³-hybridized carbons (Fsp3) is 0.143. The first kappa shape index (κ1) is 18.3. The number of hydrogen-bond donors (Lipinski definition) is 1. The Balaban J connectivity index is 1.81. The number of amides is 3. The molecule has 0 aromatic heterocycles. The van der Waals surface area contributed by atoms with Crippen molar-refractivity contribution in [1.82, 2.24) is 10.2 Å². The third kappa shape index (κ3) is 4.17. The highest BCUT2D eigenvalue weighted by Gasteiger charge is 2.32. The number of imide groups is 1. The van der Waals surface area contributed by atoms with Gasteiger partial charge < -0.3 is 14.8 Å². The maximum Gasteiger partial charge on any atom is 0.329 e. The molecule has 27 heavy (non-hydrogen) atoms. The van der Waals surface area contributed by atoms with Crippen LogP contribution >= 0.6 is 0 Å². The van der Waals surface area contributed by atoms with E-state index in [9.17, 15) is 9.59 Å². The number of methoxy groups -OCH3 is 1. The van der Waals surface area contributed by atoms with E-state index in [1.807, 2.05) is 30.3 Å². The Morgan fingerprint density at radius 1 is 1.11 bits per heavy atom. The first-order valence-corrected chi connectivity index (χ1v) is 8.42. The lowest BCUT2D eigenvalue weighted by molar-refractivity contribution is -0.122. The summed E-state index contributed by atoms with van der Waals surface area (Å²) in [5, 5.41) is 2.57. The van der Waals surface area contributed by atoms with Crippen LogP contribution in [0.15, 0.2) is 66.9 Å². The van der Waals surface area contributed by atoms with Crippen molar-refractivity contribution in [3.05, 3.63) is 78.0 Å². The Hall–Kier alpha value is -3.54. The fourth-order valence-electron chi connectivity index (χ4n) is 2.66. The summed E-state index contributed by atoms with van der Waals surface area (Å²) < 4.78 is 11.2. The zero-order valence-corrected chi connectivity index (χ0v) is 15.0. The molecule has 1 fully saturated rings. The van der Waals surface area contributed by atoms with Crippen LogP contribution < -0.4 is 14.8 Å². The number of nitrogens with one attached hydrogen (secondary N) is 1. The van der Waals surface area contributed by atoms with Crippen LogP contribution in [0.3, 0.4) is 0 Å². The summed E-state index contributed by atoms with van der Waals surface area (Å²) >= 11 is 0. The molecule has 2 aromatic rings. The van der Waals surface area contributed by atoms with Crippen LogP contribution in [-0.4, -0.2) is 30.5 Å². The van der Waals surface area contributed by atoms with Crippen LogP contribution in [0.25, 0.3) is 6.08 Å². The lowest BCUT2D eigenvalue weighted by Gasteiger charge is -2.12. The van der Waals surface area contributed by atoms with Gasteiger partial charge in [-0.3, -0.25) is 9.69 Å². The zero-order chi connectivity index (χ0) is 19.2. The fourth-order valence-corrected chi connectivity index (χ4v) is 2.66. The summed E-state index contributed by atoms with van der Waals surface area (Å²) in [6.07, 6.45) is 3.11. The summed E-state index contributed by atoms with van der Waals surface area (Å²) in [5.74, 6) is 0.751. The lowest BCUT2D eigenvalue weighted by Crippen LogP contribution is -2.30. The lowest BCUT2D eigenvalue weighted by atomic mass is 10.1. The molecule has 6 nitrogen and oxygen atoms in total. The Bertz CT molecular complexity index is 890. The van der Waals surface area contributed by atoms with E-state index < -0.39 is 6.03 Å². The van der Waals surface area contributed by atoms with E-state index in [4.69, 9.17) is 9.47 Å². The molecule has 0 spiro atoms. The van der Waals surface area contributed by atoms with Crippen molar-refractivity contribution in [3.8, 4) is 11.5 Å². The zero-order valence-electron chi connectivity index (χ0n) is 15.0. The second kappa shape index (κ2) is 8.23. The normalized spacial score (nSPS) is 15.0. The molecule has 3 amide bonds. The van der Waals surface area contributed by atoms with E-state index >= 15 is 0 Å². The molecule has 0 unspecified atom stereocenters. The smallest absolute Gasteiger partial charge is 0.329 e. The van der Waals surface area contributed by atoms with Gasteiger partial charge in [0.05, 0.1) is 7.11 Å². The second-order valence-corrected chi connectivity index (χ2v) is 5.88. The molecule has 2 aromatic carbocycles. The minimum Gasteiger partial charge on any atom is -0.493 e. The van der Waals surface area contributed by atoms with Gasteiger partial charge in [0.1, 0.15) is 12.3 Å². The largest absolute Gasteiger partial charge is 0.493 e. The number of hydrogen-bond acceptors (Lipinski definition) is 4. The Morgan fingerprint density at radius 3 is 2.59 bits per heavy atom. The van der Waals surface area contributed by atoms with Crippen LogP contribution in [0.5, 0.6) is 11.5 Å². The van der Waals surface area contributed by atoms with Gasteiger partial charge in [0, 0.05) is 6.54 Å². The third-order valence-electron chi connectivity index (χ3n) is 4.01. The Labute approximate surface area is 157 Å².